The maximum absolute atomic E-state index is 11.5. The van der Waals surface area contributed by atoms with Crippen molar-refractivity contribution in [3.63, 3.8) is 0 Å². The minimum absolute atomic E-state index is 0. The third kappa shape index (κ3) is 9.39. The number of hydrogen-bond acceptors (Lipinski definition) is 6. The molecule has 2 aromatic heterocycles. The molecule has 2 N–H and O–H groups in total. The van der Waals surface area contributed by atoms with Crippen LogP contribution in [0.25, 0.3) is 11.3 Å². The van der Waals surface area contributed by atoms with Gasteiger partial charge in [0.25, 0.3) is 0 Å². The number of carbonyl (C=O) groups is 2. The number of carbonyl (C=O) groups excluding carboxylic acids is 1. The largest absolute Gasteiger partial charge is 1.00 e. The van der Waals surface area contributed by atoms with Crippen molar-refractivity contribution in [2.75, 3.05) is 18.1 Å². The monoisotopic (exact) mass is 413 g/mol. The Balaban J connectivity index is 0.00000420. The fourth-order valence-corrected chi connectivity index (χ4v) is 3.09. The Morgan fingerprint density at radius 1 is 1.28 bits per heavy atom. The number of hydrogen-bond donors (Lipinski definition) is 2. The number of nitrogens with zero attached hydrogens (tertiary/aromatic N) is 3. The molecule has 0 saturated heterocycles. The van der Waals surface area contributed by atoms with E-state index in [-0.39, 0.29) is 24.6 Å². The Morgan fingerprint density at radius 2 is 2.03 bits per heavy atom. The molecule has 0 aromatic carbocycles. The predicted octanol–water partition coefficient (Wildman–Crippen LogP) is 0.295. The zero-order valence-corrected chi connectivity index (χ0v) is 18.2. The third-order valence-corrected chi connectivity index (χ3v) is 4.56. The SMILES string of the molecule is CC(C)(C)OC(=O)NCCSCCCn1cc(-c2cccc(C(=O)O)n2)cn1.[Li+]. The van der Waals surface area contributed by atoms with Gasteiger partial charge in [-0.1, -0.05) is 6.07 Å². The van der Waals surface area contributed by atoms with Gasteiger partial charge in [-0.05, 0) is 45.1 Å². The second-order valence-corrected chi connectivity index (χ2v) is 8.32. The van der Waals surface area contributed by atoms with Gasteiger partial charge in [0.1, 0.15) is 11.3 Å². The van der Waals surface area contributed by atoms with Crippen molar-refractivity contribution in [3.8, 4) is 11.3 Å². The second-order valence-electron chi connectivity index (χ2n) is 7.10. The molecule has 0 aliphatic rings. The van der Waals surface area contributed by atoms with Gasteiger partial charge < -0.3 is 15.2 Å². The molecule has 10 heteroatoms. The number of pyridine rings is 1. The number of aryl methyl sites for hydroxylation is 1. The number of carboxylic acid groups (broad SMARTS) is 1. The zero-order chi connectivity index (χ0) is 20.6. The number of aromatic carboxylic acids is 1. The van der Waals surface area contributed by atoms with Gasteiger partial charge in [0.05, 0.1) is 11.9 Å². The molecule has 152 valence electrons. The first kappa shape index (κ1) is 25.1. The number of nitrogens with one attached hydrogen (secondary N) is 1. The molecule has 0 radical (unpaired) electrons. The Labute approximate surface area is 187 Å². The molecular weight excluding hydrogens is 387 g/mol. The van der Waals surface area contributed by atoms with Gasteiger partial charge in [-0.25, -0.2) is 14.6 Å². The van der Waals surface area contributed by atoms with Crippen LogP contribution in [-0.2, 0) is 11.3 Å². The minimum Gasteiger partial charge on any atom is -0.477 e. The van der Waals surface area contributed by atoms with Gasteiger partial charge in [0.15, 0.2) is 0 Å². The molecule has 2 aromatic rings. The topological polar surface area (TPSA) is 106 Å². The number of rotatable bonds is 9. The van der Waals surface area contributed by atoms with Gasteiger partial charge in [0, 0.05) is 30.6 Å². The molecule has 0 saturated carbocycles. The molecule has 8 nitrogen and oxygen atoms in total. The molecule has 0 fully saturated rings. The quantitative estimate of drug-likeness (QED) is 0.450. The van der Waals surface area contributed by atoms with E-state index in [1.165, 1.54) is 6.07 Å². The Kier molecular flexibility index (Phi) is 10.3. The van der Waals surface area contributed by atoms with E-state index in [9.17, 15) is 9.59 Å². The zero-order valence-electron chi connectivity index (χ0n) is 17.3. The molecule has 0 bridgehead atoms. The molecule has 29 heavy (non-hydrogen) atoms. The Morgan fingerprint density at radius 3 is 2.72 bits per heavy atom. The number of amides is 1. The van der Waals surface area contributed by atoms with Crippen molar-refractivity contribution < 1.29 is 38.3 Å². The van der Waals surface area contributed by atoms with Gasteiger partial charge in [0.2, 0.25) is 0 Å². The summed E-state index contributed by atoms with van der Waals surface area (Å²) in [6, 6.07) is 4.90. The Hall–Kier alpha value is -1.95. The van der Waals surface area contributed by atoms with E-state index in [1.54, 1.807) is 30.1 Å². The molecule has 1 amide bonds. The van der Waals surface area contributed by atoms with E-state index in [4.69, 9.17) is 9.84 Å². The maximum Gasteiger partial charge on any atom is 1.00 e. The smallest absolute Gasteiger partial charge is 0.477 e. The van der Waals surface area contributed by atoms with Crippen molar-refractivity contribution >= 4 is 23.8 Å². The average Bonchev–Trinajstić information content (AvgIpc) is 3.08. The molecular formula is C19H26LiN4O4S+. The summed E-state index contributed by atoms with van der Waals surface area (Å²) < 4.78 is 7.00. The molecule has 0 atom stereocenters. The number of thioether (sulfide) groups is 1. The van der Waals surface area contributed by atoms with Crippen LogP contribution in [0.15, 0.2) is 30.6 Å². The van der Waals surface area contributed by atoms with Crippen molar-refractivity contribution in [3.05, 3.63) is 36.3 Å². The summed E-state index contributed by atoms with van der Waals surface area (Å²) in [6.45, 7) is 6.82. The van der Waals surface area contributed by atoms with Gasteiger partial charge in [-0.3, -0.25) is 4.68 Å². The third-order valence-electron chi connectivity index (χ3n) is 3.49. The maximum atomic E-state index is 11.5. The van der Waals surface area contributed by atoms with Crippen molar-refractivity contribution in [1.82, 2.24) is 20.1 Å². The van der Waals surface area contributed by atoms with Gasteiger partial charge in [-0.2, -0.15) is 16.9 Å². The summed E-state index contributed by atoms with van der Waals surface area (Å²) in [7, 11) is 0. The van der Waals surface area contributed by atoms with E-state index in [2.05, 4.69) is 15.4 Å². The predicted molar refractivity (Wildman–Crippen MR) is 109 cm³/mol. The molecule has 2 rings (SSSR count). The van der Waals surface area contributed by atoms with Crippen LogP contribution in [0.1, 0.15) is 37.7 Å². The van der Waals surface area contributed by atoms with Crippen LogP contribution in [0.4, 0.5) is 4.79 Å². The van der Waals surface area contributed by atoms with E-state index < -0.39 is 17.7 Å². The first-order chi connectivity index (χ1) is 13.2. The first-order valence-corrected chi connectivity index (χ1v) is 10.2. The van der Waals surface area contributed by atoms with Crippen LogP contribution in [-0.4, -0.2) is 55.6 Å². The number of carboxylic acids is 1. The van der Waals surface area contributed by atoms with E-state index in [1.807, 2.05) is 31.6 Å². The van der Waals surface area contributed by atoms with E-state index >= 15 is 0 Å². The molecule has 0 aliphatic heterocycles. The number of ether oxygens (including phenoxy) is 1. The Bertz CT molecular complexity index is 808. The van der Waals surface area contributed by atoms with Gasteiger partial charge >= 0.3 is 30.9 Å². The first-order valence-electron chi connectivity index (χ1n) is 9.02. The van der Waals surface area contributed by atoms with Crippen LogP contribution < -0.4 is 24.2 Å². The summed E-state index contributed by atoms with van der Waals surface area (Å²) in [4.78, 5) is 26.7. The van der Waals surface area contributed by atoms with Crippen LogP contribution in [0.5, 0.6) is 0 Å². The van der Waals surface area contributed by atoms with Crippen LogP contribution in [0, 0.1) is 0 Å². The standard InChI is InChI=1S/C19H26N4O4S.Li/c1-19(2,3)27-18(26)20-8-11-28-10-5-9-23-13-14(12-21-23)15-6-4-7-16(22-15)17(24)25;/h4,6-7,12-13H,5,8-11H2,1-3H3,(H,20,26)(H,24,25);/q;+1. The summed E-state index contributed by atoms with van der Waals surface area (Å²) in [5.74, 6) is 0.709. The molecule has 0 spiro atoms. The van der Waals surface area contributed by atoms with E-state index in [0.717, 1.165) is 30.0 Å². The number of aromatic nitrogens is 3. The summed E-state index contributed by atoms with van der Waals surface area (Å²) in [5, 5.41) is 16.1. The van der Waals surface area contributed by atoms with Crippen LogP contribution in [0.3, 0.4) is 0 Å². The summed E-state index contributed by atoms with van der Waals surface area (Å²) >= 11 is 1.75. The number of alkyl carbamates (subject to hydrolysis) is 1. The molecule has 0 aliphatic carbocycles. The molecule has 2 heterocycles. The van der Waals surface area contributed by atoms with Crippen LogP contribution in [0.2, 0.25) is 0 Å². The van der Waals surface area contributed by atoms with Crippen molar-refractivity contribution in [2.24, 2.45) is 0 Å². The average molecular weight is 413 g/mol. The van der Waals surface area contributed by atoms with E-state index in [0.29, 0.717) is 12.2 Å². The normalized spacial score (nSPS) is 10.9. The van der Waals surface area contributed by atoms with Gasteiger partial charge in [-0.15, -0.1) is 0 Å². The molecule has 0 unspecified atom stereocenters. The fourth-order valence-electron chi connectivity index (χ4n) is 2.30. The van der Waals surface area contributed by atoms with Crippen molar-refractivity contribution in [1.29, 1.82) is 0 Å². The minimum atomic E-state index is -1.05. The van der Waals surface area contributed by atoms with Crippen LogP contribution >= 0.6 is 11.8 Å². The summed E-state index contributed by atoms with van der Waals surface area (Å²) in [6.07, 6.45) is 4.09. The second kappa shape index (κ2) is 11.9. The fraction of sp³-hybridized carbons (Fsp3) is 0.474. The van der Waals surface area contributed by atoms with Crippen molar-refractivity contribution in [2.45, 2.75) is 39.3 Å². The summed E-state index contributed by atoms with van der Waals surface area (Å²) in [5.41, 5.74) is 0.914.